The Labute approximate surface area is 106 Å². The van der Waals surface area contributed by atoms with Gasteiger partial charge in [-0.25, -0.2) is 0 Å². The quantitative estimate of drug-likeness (QED) is 0.750. The lowest BCUT2D eigenvalue weighted by molar-refractivity contribution is 0.214. The van der Waals surface area contributed by atoms with Gasteiger partial charge >= 0.3 is 0 Å². The third-order valence-corrected chi connectivity index (χ3v) is 4.40. The van der Waals surface area contributed by atoms with Crippen LogP contribution >= 0.6 is 0 Å². The highest BCUT2D eigenvalue weighted by Crippen LogP contribution is 2.29. The highest BCUT2D eigenvalue weighted by molar-refractivity contribution is 4.90. The Morgan fingerprint density at radius 1 is 1.24 bits per heavy atom. The van der Waals surface area contributed by atoms with Crippen molar-refractivity contribution in [3.63, 3.8) is 0 Å². The van der Waals surface area contributed by atoms with Crippen molar-refractivity contribution in [1.29, 1.82) is 0 Å². The molecule has 17 heavy (non-hydrogen) atoms. The minimum Gasteiger partial charge on any atom is -0.314 e. The second-order valence-corrected chi connectivity index (χ2v) is 5.95. The van der Waals surface area contributed by atoms with Gasteiger partial charge in [0.15, 0.2) is 0 Å². The standard InChI is InChI=1S/C15H26N2/c1-3-8-17-9-6-15(7-10-17)16-12-14-5-4-13(2)11-14/h1,13-16H,4-12H2,2H3. The Kier molecular flexibility index (Phi) is 4.88. The molecule has 2 unspecified atom stereocenters. The van der Waals surface area contributed by atoms with Gasteiger partial charge in [0.25, 0.3) is 0 Å². The maximum absolute atomic E-state index is 5.34. The van der Waals surface area contributed by atoms with Crippen LogP contribution in [0.3, 0.4) is 0 Å². The first kappa shape index (κ1) is 12.9. The molecule has 2 heteroatoms. The van der Waals surface area contributed by atoms with Crippen LogP contribution in [-0.2, 0) is 0 Å². The molecule has 2 atom stereocenters. The minimum absolute atomic E-state index is 0.736. The second-order valence-electron chi connectivity index (χ2n) is 5.95. The van der Waals surface area contributed by atoms with Crippen LogP contribution in [0.25, 0.3) is 0 Å². The third-order valence-electron chi connectivity index (χ3n) is 4.40. The van der Waals surface area contributed by atoms with E-state index in [0.29, 0.717) is 0 Å². The molecule has 2 rings (SSSR count). The molecule has 0 spiro atoms. The first-order chi connectivity index (χ1) is 8.28. The third kappa shape index (κ3) is 4.01. The van der Waals surface area contributed by atoms with E-state index in [1.54, 1.807) is 0 Å². The van der Waals surface area contributed by atoms with Gasteiger partial charge < -0.3 is 5.32 Å². The lowest BCUT2D eigenvalue weighted by Gasteiger charge is -2.31. The molecule has 0 aromatic carbocycles. The number of terminal acetylenes is 1. The summed E-state index contributed by atoms with van der Waals surface area (Å²) in [7, 11) is 0. The van der Waals surface area contributed by atoms with Crippen molar-refractivity contribution in [3.8, 4) is 12.3 Å². The van der Waals surface area contributed by atoms with Crippen molar-refractivity contribution in [2.45, 2.75) is 45.1 Å². The zero-order valence-electron chi connectivity index (χ0n) is 11.1. The summed E-state index contributed by atoms with van der Waals surface area (Å²) in [4.78, 5) is 2.38. The summed E-state index contributed by atoms with van der Waals surface area (Å²) in [6, 6.07) is 0.736. The summed E-state index contributed by atoms with van der Waals surface area (Å²) in [6.07, 6.45) is 12.2. The van der Waals surface area contributed by atoms with Crippen molar-refractivity contribution >= 4 is 0 Å². The van der Waals surface area contributed by atoms with Gasteiger partial charge in [-0.15, -0.1) is 6.42 Å². The molecule has 1 aliphatic carbocycles. The topological polar surface area (TPSA) is 15.3 Å². The molecule has 0 aromatic rings. The number of nitrogens with zero attached hydrogens (tertiary/aromatic N) is 1. The molecular weight excluding hydrogens is 208 g/mol. The predicted octanol–water partition coefficient (Wildman–Crippen LogP) is 2.11. The Bertz CT molecular complexity index is 261. The molecule has 2 aliphatic rings. The molecule has 0 amide bonds. The van der Waals surface area contributed by atoms with Crippen LogP contribution < -0.4 is 5.32 Å². The fourth-order valence-corrected chi connectivity index (χ4v) is 3.27. The molecular formula is C15H26N2. The van der Waals surface area contributed by atoms with E-state index in [1.165, 1.54) is 51.7 Å². The fraction of sp³-hybridized carbons (Fsp3) is 0.867. The van der Waals surface area contributed by atoms with E-state index in [2.05, 4.69) is 23.1 Å². The van der Waals surface area contributed by atoms with E-state index in [9.17, 15) is 0 Å². The van der Waals surface area contributed by atoms with Crippen LogP contribution in [0.5, 0.6) is 0 Å². The van der Waals surface area contributed by atoms with E-state index in [1.807, 2.05) is 0 Å². The molecule has 0 aromatic heterocycles. The summed E-state index contributed by atoms with van der Waals surface area (Å²) < 4.78 is 0. The van der Waals surface area contributed by atoms with Crippen molar-refractivity contribution in [2.24, 2.45) is 11.8 Å². The Balaban J connectivity index is 1.60. The minimum atomic E-state index is 0.736. The molecule has 2 nitrogen and oxygen atoms in total. The number of nitrogens with one attached hydrogen (secondary N) is 1. The molecule has 1 saturated carbocycles. The number of hydrogen-bond acceptors (Lipinski definition) is 2. The van der Waals surface area contributed by atoms with Crippen molar-refractivity contribution < 1.29 is 0 Å². The molecule has 1 N–H and O–H groups in total. The highest BCUT2D eigenvalue weighted by atomic mass is 15.1. The van der Waals surface area contributed by atoms with Gasteiger partial charge in [0, 0.05) is 19.1 Å². The van der Waals surface area contributed by atoms with Crippen LogP contribution in [0.15, 0.2) is 0 Å². The summed E-state index contributed by atoms with van der Waals surface area (Å²) in [5, 5.41) is 3.77. The van der Waals surface area contributed by atoms with E-state index in [4.69, 9.17) is 6.42 Å². The number of likely N-dealkylation sites (tertiary alicyclic amines) is 1. The van der Waals surface area contributed by atoms with E-state index >= 15 is 0 Å². The van der Waals surface area contributed by atoms with Crippen molar-refractivity contribution in [3.05, 3.63) is 0 Å². The molecule has 1 heterocycles. The monoisotopic (exact) mass is 234 g/mol. The molecule has 0 radical (unpaired) electrons. The van der Waals surface area contributed by atoms with Crippen LogP contribution in [0.1, 0.15) is 39.0 Å². The highest BCUT2D eigenvalue weighted by Gasteiger charge is 2.23. The zero-order valence-corrected chi connectivity index (χ0v) is 11.1. The number of rotatable bonds is 4. The average molecular weight is 234 g/mol. The smallest absolute Gasteiger partial charge is 0.0598 e. The summed E-state index contributed by atoms with van der Waals surface area (Å²) in [6.45, 7) is 6.79. The lowest BCUT2D eigenvalue weighted by Crippen LogP contribution is -2.43. The van der Waals surface area contributed by atoms with E-state index < -0.39 is 0 Å². The maximum Gasteiger partial charge on any atom is 0.0598 e. The SMILES string of the molecule is C#CCN1CCC(NCC2CCC(C)C2)CC1. The predicted molar refractivity (Wildman–Crippen MR) is 72.8 cm³/mol. The number of piperidine rings is 1. The van der Waals surface area contributed by atoms with E-state index in [-0.39, 0.29) is 0 Å². The molecule has 1 saturated heterocycles. The first-order valence-corrected chi connectivity index (χ1v) is 7.17. The van der Waals surface area contributed by atoms with Gasteiger partial charge in [0.1, 0.15) is 0 Å². The van der Waals surface area contributed by atoms with Crippen LogP contribution in [0.2, 0.25) is 0 Å². The normalized spacial score (nSPS) is 31.5. The van der Waals surface area contributed by atoms with Gasteiger partial charge in [0.2, 0.25) is 0 Å². The largest absolute Gasteiger partial charge is 0.314 e. The van der Waals surface area contributed by atoms with Crippen LogP contribution in [0, 0.1) is 24.2 Å². The Hall–Kier alpha value is -0.520. The van der Waals surface area contributed by atoms with Gasteiger partial charge in [-0.1, -0.05) is 19.3 Å². The summed E-state index contributed by atoms with van der Waals surface area (Å²) in [5.74, 6) is 4.64. The molecule has 0 bridgehead atoms. The van der Waals surface area contributed by atoms with Gasteiger partial charge in [0.05, 0.1) is 6.54 Å². The van der Waals surface area contributed by atoms with E-state index in [0.717, 1.165) is 24.4 Å². The van der Waals surface area contributed by atoms with Crippen molar-refractivity contribution in [2.75, 3.05) is 26.2 Å². The summed E-state index contributed by atoms with van der Waals surface area (Å²) >= 11 is 0. The fourth-order valence-electron chi connectivity index (χ4n) is 3.27. The number of hydrogen-bond donors (Lipinski definition) is 1. The second kappa shape index (κ2) is 6.42. The zero-order chi connectivity index (χ0) is 12.1. The van der Waals surface area contributed by atoms with Gasteiger partial charge in [-0.05, 0) is 44.1 Å². The average Bonchev–Trinajstić information content (AvgIpc) is 2.75. The van der Waals surface area contributed by atoms with Gasteiger partial charge in [-0.2, -0.15) is 0 Å². The molecule has 2 fully saturated rings. The van der Waals surface area contributed by atoms with Gasteiger partial charge in [-0.3, -0.25) is 4.90 Å². The molecule has 96 valence electrons. The Morgan fingerprint density at radius 3 is 2.59 bits per heavy atom. The maximum atomic E-state index is 5.34. The van der Waals surface area contributed by atoms with Crippen LogP contribution in [-0.4, -0.2) is 37.1 Å². The summed E-state index contributed by atoms with van der Waals surface area (Å²) in [5.41, 5.74) is 0. The Morgan fingerprint density at radius 2 is 2.00 bits per heavy atom. The van der Waals surface area contributed by atoms with Crippen molar-refractivity contribution in [1.82, 2.24) is 10.2 Å². The van der Waals surface area contributed by atoms with Crippen LogP contribution in [0.4, 0.5) is 0 Å². The molecule has 1 aliphatic heterocycles. The lowest BCUT2D eigenvalue weighted by atomic mass is 10.0. The first-order valence-electron chi connectivity index (χ1n) is 7.17.